The first-order valence-corrected chi connectivity index (χ1v) is 29.3. The standard InChI is InChI=1S/C42H36FN9S.C29H23N3O.2CH4/c43-33-19-12-24-46-35(33)27-48-40-39-41(50-29-49-40)53-38(51-39)22-26-44-25-21-37-47-28-36(34-20-10-11-23-45-34)52(37)42(30-13-4-1-5-14-30,31-15-6-2-7-16-31)32-17-8-3-9-18-32;33-21-19-28-31-22-27(26-18-10-11-20-30-26)32(28)29(23-12-4-1-5-13-23,24-14-6-2-7-15-24)25-16-8-3-9-17-25;;/h1-20,23-24,28-29,44H,21-22,25-27H2,(H,48,49,50);1-18,20-22H,19H2;2*1H4. The van der Waals surface area contributed by atoms with Gasteiger partial charge in [-0.15, -0.1) is 0 Å². The molecule has 438 valence electrons. The van der Waals surface area contributed by atoms with Gasteiger partial charge in [0.15, 0.2) is 5.82 Å². The van der Waals surface area contributed by atoms with Gasteiger partial charge in [0, 0.05) is 44.5 Å². The van der Waals surface area contributed by atoms with Crippen LogP contribution in [0.15, 0.2) is 268 Å². The van der Waals surface area contributed by atoms with Crippen LogP contribution in [0.5, 0.6) is 0 Å². The van der Waals surface area contributed by atoms with Crippen molar-refractivity contribution in [2.75, 3.05) is 18.4 Å². The number of aldehydes is 1. The summed E-state index contributed by atoms with van der Waals surface area (Å²) in [7, 11) is 0. The van der Waals surface area contributed by atoms with Gasteiger partial charge in [-0.1, -0.05) is 220 Å². The van der Waals surface area contributed by atoms with Crippen LogP contribution in [0.25, 0.3) is 33.1 Å². The number of pyridine rings is 3. The number of halogens is 1. The Balaban J connectivity index is 0.000000210. The fourth-order valence-corrected chi connectivity index (χ4v) is 12.3. The van der Waals surface area contributed by atoms with E-state index in [1.54, 1.807) is 18.5 Å². The molecule has 13 rings (SSSR count). The Morgan fingerprint density at radius 2 is 0.898 bits per heavy atom. The van der Waals surface area contributed by atoms with Gasteiger partial charge in [-0.2, -0.15) is 0 Å². The second kappa shape index (κ2) is 28.6. The van der Waals surface area contributed by atoms with Crippen molar-refractivity contribution in [1.82, 2.24) is 54.3 Å². The van der Waals surface area contributed by atoms with Gasteiger partial charge in [0.2, 0.25) is 0 Å². The number of imidazole rings is 2. The van der Waals surface area contributed by atoms with E-state index < -0.39 is 11.1 Å². The topological polar surface area (TPSA) is 154 Å². The van der Waals surface area contributed by atoms with Crippen LogP contribution >= 0.6 is 11.3 Å². The number of nitrogens with zero attached hydrogens (tertiary/aromatic N) is 10. The number of hydrogen-bond donors (Lipinski definition) is 2. The number of hydrogen-bond acceptors (Lipinski definition) is 12. The molecule has 0 radical (unpaired) electrons. The molecule has 0 amide bonds. The highest BCUT2D eigenvalue weighted by Crippen LogP contribution is 2.46. The Hall–Kier alpha value is -10.5. The number of fused-ring (bicyclic) bond motifs is 1. The smallest absolute Gasteiger partial charge is 0.157 e. The van der Waals surface area contributed by atoms with E-state index in [-0.39, 0.29) is 33.6 Å². The molecule has 0 aliphatic heterocycles. The molecule has 13 nitrogen and oxygen atoms in total. The molecule has 0 aliphatic rings. The van der Waals surface area contributed by atoms with Crippen molar-refractivity contribution in [3.63, 3.8) is 0 Å². The molecule has 2 N–H and O–H groups in total. The third-order valence-electron chi connectivity index (χ3n) is 15.1. The summed E-state index contributed by atoms with van der Waals surface area (Å²) in [6, 6.07) is 77.9. The summed E-state index contributed by atoms with van der Waals surface area (Å²) in [5.74, 6) is 1.81. The summed E-state index contributed by atoms with van der Waals surface area (Å²) in [4.78, 5) is 49.5. The quantitative estimate of drug-likeness (QED) is 0.0401. The van der Waals surface area contributed by atoms with E-state index in [0.29, 0.717) is 48.8 Å². The van der Waals surface area contributed by atoms with Crippen molar-refractivity contribution in [2.45, 2.75) is 51.7 Å². The maximum Gasteiger partial charge on any atom is 0.157 e. The first-order chi connectivity index (χ1) is 42.6. The zero-order chi connectivity index (χ0) is 58.4. The Bertz CT molecular complexity index is 4080. The molecule has 7 heterocycles. The Morgan fingerprint density at radius 3 is 1.34 bits per heavy atom. The summed E-state index contributed by atoms with van der Waals surface area (Å²) in [5, 5.41) is 7.76. The molecular formula is C73H67FN12OS. The van der Waals surface area contributed by atoms with Gasteiger partial charge in [0.05, 0.1) is 58.8 Å². The maximum absolute atomic E-state index is 14.2. The molecule has 0 spiro atoms. The van der Waals surface area contributed by atoms with E-state index in [1.165, 1.54) is 23.7 Å². The van der Waals surface area contributed by atoms with Crippen molar-refractivity contribution >= 4 is 33.8 Å². The molecular weight excluding hydrogens is 1110 g/mol. The van der Waals surface area contributed by atoms with Gasteiger partial charge < -0.3 is 24.6 Å². The molecule has 0 aliphatic carbocycles. The molecule has 88 heavy (non-hydrogen) atoms. The second-order valence-electron chi connectivity index (χ2n) is 20.2. The van der Waals surface area contributed by atoms with E-state index in [2.05, 4.69) is 167 Å². The van der Waals surface area contributed by atoms with Crippen molar-refractivity contribution in [3.8, 4) is 22.8 Å². The Morgan fingerprint density at radius 1 is 0.466 bits per heavy atom. The average Bonchev–Trinajstić information content (AvgIpc) is 1.29. The van der Waals surface area contributed by atoms with Crippen LogP contribution in [0.3, 0.4) is 0 Å². The fraction of sp³-hybridized carbons (Fsp3) is 0.137. The lowest BCUT2D eigenvalue weighted by Crippen LogP contribution is -2.40. The highest BCUT2D eigenvalue weighted by Gasteiger charge is 2.43. The van der Waals surface area contributed by atoms with Crippen molar-refractivity contribution < 1.29 is 9.18 Å². The van der Waals surface area contributed by atoms with Crippen molar-refractivity contribution in [3.05, 3.63) is 329 Å². The minimum Gasteiger partial charge on any atom is -0.362 e. The molecule has 0 unspecified atom stereocenters. The van der Waals surface area contributed by atoms with Gasteiger partial charge in [0.1, 0.15) is 51.5 Å². The summed E-state index contributed by atoms with van der Waals surface area (Å²) in [5.41, 5.74) is 9.53. The average molecular weight is 1180 g/mol. The van der Waals surface area contributed by atoms with Crippen molar-refractivity contribution in [1.29, 1.82) is 0 Å². The lowest BCUT2D eigenvalue weighted by molar-refractivity contribution is -0.107. The van der Waals surface area contributed by atoms with Crippen LogP contribution in [-0.4, -0.2) is 68.4 Å². The number of anilines is 1. The maximum atomic E-state index is 14.2. The minimum absolute atomic E-state index is 0. The number of nitrogens with one attached hydrogen (secondary N) is 2. The number of thiazole rings is 1. The molecule has 15 heteroatoms. The van der Waals surface area contributed by atoms with Crippen LogP contribution < -0.4 is 10.6 Å². The zero-order valence-corrected chi connectivity index (χ0v) is 47.7. The first-order valence-electron chi connectivity index (χ1n) is 28.5. The highest BCUT2D eigenvalue weighted by molar-refractivity contribution is 7.18. The monoisotopic (exact) mass is 1180 g/mol. The number of carbonyl (C=O) groups excluding carboxylic acids is 1. The molecule has 0 saturated heterocycles. The molecule has 6 aromatic carbocycles. The van der Waals surface area contributed by atoms with E-state index in [9.17, 15) is 9.18 Å². The summed E-state index contributed by atoms with van der Waals surface area (Å²) in [6.45, 7) is 1.61. The van der Waals surface area contributed by atoms with Crippen LogP contribution in [-0.2, 0) is 41.7 Å². The van der Waals surface area contributed by atoms with Crippen LogP contribution in [0.1, 0.15) is 70.6 Å². The summed E-state index contributed by atoms with van der Waals surface area (Å²) >= 11 is 1.53. The molecule has 0 bridgehead atoms. The first kappa shape index (κ1) is 60.6. The number of benzene rings is 6. The van der Waals surface area contributed by atoms with E-state index in [4.69, 9.17) is 19.9 Å². The van der Waals surface area contributed by atoms with Gasteiger partial charge in [-0.05, 0) is 69.8 Å². The lowest BCUT2D eigenvalue weighted by Gasteiger charge is -2.40. The predicted octanol–water partition coefficient (Wildman–Crippen LogP) is 14.5. The SMILES string of the molecule is C.C.Fc1cccnc1CNc1ncnc2sc(CCNCCc3ncc(-c4ccccn4)n3C(c3ccccc3)(c3ccccc3)c3ccccc3)nc12.O=CCc1ncc(-c2ccccn2)n1C(c1ccccc1)(c1ccccc1)c1ccccc1. The Kier molecular flexibility index (Phi) is 19.7. The van der Waals surface area contributed by atoms with E-state index in [0.717, 1.165) is 78.1 Å². The third kappa shape index (κ3) is 12.3. The minimum atomic E-state index is -0.758. The van der Waals surface area contributed by atoms with Gasteiger partial charge in [0.25, 0.3) is 0 Å². The number of aromatic nitrogens is 10. The fourth-order valence-electron chi connectivity index (χ4n) is 11.4. The van der Waals surface area contributed by atoms with Crippen LogP contribution in [0, 0.1) is 5.82 Å². The molecule has 0 atom stereocenters. The molecule has 13 aromatic rings. The van der Waals surface area contributed by atoms with E-state index in [1.807, 2.05) is 110 Å². The zero-order valence-electron chi connectivity index (χ0n) is 46.9. The molecule has 0 fully saturated rings. The van der Waals surface area contributed by atoms with Crippen LogP contribution in [0.2, 0.25) is 0 Å². The van der Waals surface area contributed by atoms with E-state index >= 15 is 0 Å². The molecule has 0 saturated carbocycles. The third-order valence-corrected chi connectivity index (χ3v) is 16.2. The lowest BCUT2D eigenvalue weighted by atomic mass is 9.76. The number of carbonyl (C=O) groups is 1. The van der Waals surface area contributed by atoms with Gasteiger partial charge in [-0.3, -0.25) is 15.0 Å². The Labute approximate surface area is 516 Å². The second-order valence-corrected chi connectivity index (χ2v) is 21.3. The molecule has 7 aromatic heterocycles. The van der Waals surface area contributed by atoms with Gasteiger partial charge in [-0.25, -0.2) is 29.3 Å². The summed E-state index contributed by atoms with van der Waals surface area (Å²) in [6.07, 6.45) is 13.0. The van der Waals surface area contributed by atoms with Gasteiger partial charge >= 0.3 is 0 Å². The van der Waals surface area contributed by atoms with Crippen LogP contribution in [0.4, 0.5) is 10.2 Å². The number of rotatable bonds is 21. The predicted molar refractivity (Wildman–Crippen MR) is 350 cm³/mol. The normalized spacial score (nSPS) is 11.2. The highest BCUT2D eigenvalue weighted by atomic mass is 32.1. The van der Waals surface area contributed by atoms with Crippen molar-refractivity contribution in [2.24, 2.45) is 0 Å². The summed E-state index contributed by atoms with van der Waals surface area (Å²) < 4.78 is 18.7. The largest absolute Gasteiger partial charge is 0.362 e.